The van der Waals surface area contributed by atoms with Gasteiger partial charge in [0.05, 0.1) is 0 Å². The van der Waals surface area contributed by atoms with E-state index in [1.165, 1.54) is 148 Å². The molecule has 6 heteroatoms. The summed E-state index contributed by atoms with van der Waals surface area (Å²) in [5.74, 6) is -0.901. The maximum absolute atomic E-state index is 12.8. The standard InChI is InChI=1S/C61H108O6/c1-4-7-10-13-16-19-22-25-28-29-30-31-34-36-39-42-45-48-51-54-60(63)66-57-58(67-61(64)55-52-49-46-43-40-37-33-27-24-21-18-15-12-9-6-3)56-65-59(62)53-50-47-44-41-38-35-32-26-23-20-17-14-11-8-5-2/h9,12,18,21,25-28,32-33,58H,4-8,10-11,13-17,19-20,22-24,29-31,34-57H2,1-3H3/b12-9-,21-18-,28-25-,32-26-,33-27-/t58-/m1/s1. The summed E-state index contributed by atoms with van der Waals surface area (Å²) in [4.78, 5) is 38.1. The van der Waals surface area contributed by atoms with Crippen LogP contribution in [0.5, 0.6) is 0 Å². The van der Waals surface area contributed by atoms with Gasteiger partial charge in [-0.1, -0.05) is 229 Å². The van der Waals surface area contributed by atoms with E-state index < -0.39 is 6.10 Å². The first-order chi connectivity index (χ1) is 33.0. The molecule has 0 saturated heterocycles. The van der Waals surface area contributed by atoms with Crippen molar-refractivity contribution in [2.75, 3.05) is 13.2 Å². The Morgan fingerprint density at radius 1 is 0.313 bits per heavy atom. The molecule has 0 aromatic rings. The molecule has 0 aromatic carbocycles. The molecule has 0 aromatic heterocycles. The third-order valence-electron chi connectivity index (χ3n) is 12.5. The first kappa shape index (κ1) is 64.1. The van der Waals surface area contributed by atoms with Crippen LogP contribution in [0.1, 0.15) is 290 Å². The van der Waals surface area contributed by atoms with Crippen LogP contribution in [-0.2, 0) is 28.6 Å². The minimum absolute atomic E-state index is 0.0839. The Labute approximate surface area is 415 Å². The Bertz CT molecular complexity index is 1210. The van der Waals surface area contributed by atoms with Crippen LogP contribution in [0, 0.1) is 0 Å². The highest BCUT2D eigenvalue weighted by atomic mass is 16.6. The molecule has 0 radical (unpaired) electrons. The van der Waals surface area contributed by atoms with E-state index in [0.717, 1.165) is 103 Å². The molecule has 0 unspecified atom stereocenters. The number of carbonyl (C=O) groups excluding carboxylic acids is 3. The van der Waals surface area contributed by atoms with Gasteiger partial charge in [0.25, 0.3) is 0 Å². The second-order valence-electron chi connectivity index (χ2n) is 19.2. The number of ether oxygens (including phenoxy) is 3. The lowest BCUT2D eigenvalue weighted by Gasteiger charge is -2.18. The summed E-state index contributed by atoms with van der Waals surface area (Å²) in [5, 5.41) is 0. The molecule has 0 heterocycles. The van der Waals surface area contributed by atoms with Crippen LogP contribution in [-0.4, -0.2) is 37.2 Å². The van der Waals surface area contributed by atoms with Gasteiger partial charge in [0.1, 0.15) is 13.2 Å². The second kappa shape index (κ2) is 55.7. The van der Waals surface area contributed by atoms with Gasteiger partial charge in [-0.3, -0.25) is 14.4 Å². The molecule has 0 aliphatic rings. The van der Waals surface area contributed by atoms with Gasteiger partial charge in [-0.15, -0.1) is 0 Å². The van der Waals surface area contributed by atoms with E-state index in [1.807, 2.05) is 0 Å². The number of carbonyl (C=O) groups is 3. The molecule has 0 fully saturated rings. The minimum Gasteiger partial charge on any atom is -0.462 e. The van der Waals surface area contributed by atoms with E-state index in [9.17, 15) is 14.4 Å². The van der Waals surface area contributed by atoms with E-state index in [0.29, 0.717) is 19.3 Å². The Balaban J connectivity index is 4.38. The molecule has 0 bridgehead atoms. The van der Waals surface area contributed by atoms with Crippen LogP contribution in [0.2, 0.25) is 0 Å². The fourth-order valence-electron chi connectivity index (χ4n) is 8.15. The van der Waals surface area contributed by atoms with Crippen molar-refractivity contribution < 1.29 is 28.6 Å². The van der Waals surface area contributed by atoms with Gasteiger partial charge in [-0.05, 0) is 103 Å². The molecule has 0 spiro atoms. The molecule has 0 rings (SSSR count). The monoisotopic (exact) mass is 937 g/mol. The van der Waals surface area contributed by atoms with Crippen molar-refractivity contribution in [3.8, 4) is 0 Å². The van der Waals surface area contributed by atoms with Gasteiger partial charge in [0, 0.05) is 19.3 Å². The fourth-order valence-corrected chi connectivity index (χ4v) is 8.15. The van der Waals surface area contributed by atoms with E-state index in [2.05, 4.69) is 81.5 Å². The van der Waals surface area contributed by atoms with Crippen molar-refractivity contribution in [1.29, 1.82) is 0 Å². The Morgan fingerprint density at radius 2 is 0.582 bits per heavy atom. The van der Waals surface area contributed by atoms with E-state index >= 15 is 0 Å². The largest absolute Gasteiger partial charge is 0.462 e. The maximum Gasteiger partial charge on any atom is 0.306 e. The predicted molar refractivity (Wildman–Crippen MR) is 288 cm³/mol. The lowest BCUT2D eigenvalue weighted by molar-refractivity contribution is -0.167. The van der Waals surface area contributed by atoms with Gasteiger partial charge in [-0.25, -0.2) is 0 Å². The molecule has 0 N–H and O–H groups in total. The summed E-state index contributed by atoms with van der Waals surface area (Å²) < 4.78 is 16.9. The Morgan fingerprint density at radius 3 is 0.925 bits per heavy atom. The fraction of sp³-hybridized carbons (Fsp3) is 0.787. The van der Waals surface area contributed by atoms with Crippen molar-refractivity contribution in [3.05, 3.63) is 60.8 Å². The summed E-state index contributed by atoms with van der Waals surface area (Å²) in [6, 6.07) is 0. The number of hydrogen-bond acceptors (Lipinski definition) is 6. The summed E-state index contributed by atoms with van der Waals surface area (Å²) in [5.41, 5.74) is 0. The quantitative estimate of drug-likeness (QED) is 0.0262. The predicted octanol–water partition coefficient (Wildman–Crippen LogP) is 19.2. The van der Waals surface area contributed by atoms with Gasteiger partial charge in [0.15, 0.2) is 6.10 Å². The lowest BCUT2D eigenvalue weighted by Crippen LogP contribution is -2.30. The zero-order chi connectivity index (χ0) is 48.6. The first-order valence-corrected chi connectivity index (χ1v) is 28.8. The molecular weight excluding hydrogens is 829 g/mol. The van der Waals surface area contributed by atoms with Gasteiger partial charge in [0.2, 0.25) is 0 Å². The molecule has 0 saturated carbocycles. The Hall–Kier alpha value is -2.89. The van der Waals surface area contributed by atoms with Crippen LogP contribution in [0.25, 0.3) is 0 Å². The van der Waals surface area contributed by atoms with Gasteiger partial charge >= 0.3 is 17.9 Å². The molecule has 67 heavy (non-hydrogen) atoms. The zero-order valence-electron chi connectivity index (χ0n) is 44.4. The smallest absolute Gasteiger partial charge is 0.306 e. The highest BCUT2D eigenvalue weighted by molar-refractivity contribution is 5.71. The summed E-state index contributed by atoms with van der Waals surface area (Å²) in [6.07, 6.45) is 69.2. The van der Waals surface area contributed by atoms with Gasteiger partial charge in [-0.2, -0.15) is 0 Å². The van der Waals surface area contributed by atoms with Crippen LogP contribution in [0.3, 0.4) is 0 Å². The van der Waals surface area contributed by atoms with Crippen LogP contribution in [0.15, 0.2) is 60.8 Å². The molecule has 0 amide bonds. The molecular formula is C61H108O6. The summed E-state index contributed by atoms with van der Waals surface area (Å²) >= 11 is 0. The average Bonchev–Trinajstić information content (AvgIpc) is 3.33. The maximum atomic E-state index is 12.8. The Kier molecular flexibility index (Phi) is 53.3. The minimum atomic E-state index is -0.787. The highest BCUT2D eigenvalue weighted by Gasteiger charge is 2.19. The van der Waals surface area contributed by atoms with Gasteiger partial charge < -0.3 is 14.2 Å². The number of hydrogen-bond donors (Lipinski definition) is 0. The first-order valence-electron chi connectivity index (χ1n) is 28.8. The van der Waals surface area contributed by atoms with Crippen molar-refractivity contribution in [2.45, 2.75) is 297 Å². The zero-order valence-corrected chi connectivity index (χ0v) is 44.4. The number of esters is 3. The SMILES string of the molecule is CC/C=C\C/C=C\C/C=C\CCCCCCCC(=O)O[C@H](COC(=O)CCCCCCC/C=C\CCCCCCCC)COC(=O)CCCCCCCCCCC/C=C\CCCCCCCC. The third kappa shape index (κ3) is 53.9. The van der Waals surface area contributed by atoms with Crippen LogP contribution in [0.4, 0.5) is 0 Å². The van der Waals surface area contributed by atoms with Crippen molar-refractivity contribution in [3.63, 3.8) is 0 Å². The lowest BCUT2D eigenvalue weighted by atomic mass is 10.1. The summed E-state index contributed by atoms with van der Waals surface area (Å²) in [6.45, 7) is 6.52. The molecule has 6 nitrogen and oxygen atoms in total. The average molecular weight is 938 g/mol. The van der Waals surface area contributed by atoms with E-state index in [1.54, 1.807) is 0 Å². The third-order valence-corrected chi connectivity index (χ3v) is 12.5. The van der Waals surface area contributed by atoms with Crippen molar-refractivity contribution >= 4 is 17.9 Å². The normalized spacial score (nSPS) is 12.5. The number of allylic oxidation sites excluding steroid dienone is 10. The summed E-state index contributed by atoms with van der Waals surface area (Å²) in [7, 11) is 0. The van der Waals surface area contributed by atoms with Crippen LogP contribution < -0.4 is 0 Å². The van der Waals surface area contributed by atoms with Crippen molar-refractivity contribution in [2.24, 2.45) is 0 Å². The molecule has 388 valence electrons. The molecule has 1 atom stereocenters. The molecule has 0 aliphatic carbocycles. The number of rotatable bonds is 52. The van der Waals surface area contributed by atoms with Crippen molar-refractivity contribution in [1.82, 2.24) is 0 Å². The topological polar surface area (TPSA) is 78.9 Å². The van der Waals surface area contributed by atoms with Crippen LogP contribution >= 0.6 is 0 Å². The highest BCUT2D eigenvalue weighted by Crippen LogP contribution is 2.15. The van der Waals surface area contributed by atoms with E-state index in [4.69, 9.17) is 14.2 Å². The second-order valence-corrected chi connectivity index (χ2v) is 19.2. The number of unbranched alkanes of at least 4 members (excludes halogenated alkanes) is 31. The molecule has 0 aliphatic heterocycles. The van der Waals surface area contributed by atoms with E-state index in [-0.39, 0.29) is 31.1 Å².